The molecule has 0 aliphatic rings. The van der Waals surface area contributed by atoms with Gasteiger partial charge in [-0.25, -0.2) is 9.37 Å². The molecule has 0 aliphatic carbocycles. The van der Waals surface area contributed by atoms with E-state index in [0.717, 1.165) is 11.1 Å². The van der Waals surface area contributed by atoms with Crippen LogP contribution in [0.3, 0.4) is 0 Å². The number of methoxy groups -OCH3 is 1. The summed E-state index contributed by atoms with van der Waals surface area (Å²) < 4.78 is 20.5. The maximum absolute atomic E-state index is 13.5. The highest BCUT2D eigenvalue weighted by atomic mass is 35.5. The summed E-state index contributed by atoms with van der Waals surface area (Å²) in [4.78, 5) is 30.1. The fourth-order valence-electron chi connectivity index (χ4n) is 3.81. The zero-order valence-corrected chi connectivity index (χ0v) is 19.0. The molecule has 0 atom stereocenters. The van der Waals surface area contributed by atoms with Gasteiger partial charge in [0, 0.05) is 46.1 Å². The lowest BCUT2D eigenvalue weighted by Gasteiger charge is -2.11. The number of amides is 1. The van der Waals surface area contributed by atoms with E-state index in [1.807, 2.05) is 29.7 Å². The third kappa shape index (κ3) is 4.45. The number of aryl methyl sites for hydroxylation is 1. The Balaban J connectivity index is 1.75. The van der Waals surface area contributed by atoms with Crippen LogP contribution in [0.25, 0.3) is 10.9 Å². The average molecular weight is 466 g/mol. The van der Waals surface area contributed by atoms with Gasteiger partial charge in [0.05, 0.1) is 12.7 Å². The van der Waals surface area contributed by atoms with E-state index in [2.05, 4.69) is 10.3 Å². The van der Waals surface area contributed by atoms with Crippen molar-refractivity contribution in [3.63, 3.8) is 0 Å². The number of nitrogens with zero attached hydrogens (tertiary/aromatic N) is 2. The molecule has 2 aromatic carbocycles. The van der Waals surface area contributed by atoms with Gasteiger partial charge in [-0.15, -0.1) is 0 Å². The Morgan fingerprint density at radius 3 is 2.64 bits per heavy atom. The summed E-state index contributed by atoms with van der Waals surface area (Å²) in [7, 11) is 1.47. The van der Waals surface area contributed by atoms with Crippen molar-refractivity contribution in [2.24, 2.45) is 0 Å². The average Bonchev–Trinajstić information content (AvgIpc) is 3.05. The highest BCUT2D eigenvalue weighted by Crippen LogP contribution is 2.30. The number of carbonyl (C=O) groups excluding carboxylic acids is 2. The number of rotatable bonds is 6. The van der Waals surface area contributed by atoms with Gasteiger partial charge in [-0.3, -0.25) is 9.59 Å². The summed E-state index contributed by atoms with van der Waals surface area (Å²) >= 11 is 6.24. The molecule has 0 unspecified atom stereocenters. The maximum atomic E-state index is 13.5. The predicted molar refractivity (Wildman–Crippen MR) is 126 cm³/mol. The molecule has 2 aromatic heterocycles. The summed E-state index contributed by atoms with van der Waals surface area (Å²) in [6.45, 7) is 4.02. The largest absolute Gasteiger partial charge is 0.481 e. The van der Waals surface area contributed by atoms with Crippen LogP contribution in [0.4, 0.5) is 10.1 Å². The second-order valence-corrected chi connectivity index (χ2v) is 8.08. The number of fused-ring (bicyclic) bond motifs is 1. The van der Waals surface area contributed by atoms with Crippen molar-refractivity contribution in [2.45, 2.75) is 20.4 Å². The lowest BCUT2D eigenvalue weighted by Crippen LogP contribution is -2.23. The zero-order valence-electron chi connectivity index (χ0n) is 18.3. The first-order valence-corrected chi connectivity index (χ1v) is 10.6. The third-order valence-corrected chi connectivity index (χ3v) is 5.81. The van der Waals surface area contributed by atoms with Crippen LogP contribution < -0.4 is 10.1 Å². The summed E-state index contributed by atoms with van der Waals surface area (Å²) in [5, 5.41) is 3.57. The van der Waals surface area contributed by atoms with Crippen molar-refractivity contribution < 1.29 is 18.7 Å². The SMILES string of the molecule is COc1cc(NC(=O)C(=O)c2c(C)n(Cc3ccc(F)cc3Cl)c3ccc(C)cc23)ccn1. The molecule has 2 heterocycles. The van der Waals surface area contributed by atoms with Gasteiger partial charge in [-0.2, -0.15) is 0 Å². The molecule has 0 bridgehead atoms. The number of hydrogen-bond donors (Lipinski definition) is 1. The van der Waals surface area contributed by atoms with Crippen LogP contribution in [-0.4, -0.2) is 28.4 Å². The van der Waals surface area contributed by atoms with E-state index in [-0.39, 0.29) is 0 Å². The quantitative estimate of drug-likeness (QED) is 0.309. The van der Waals surface area contributed by atoms with Crippen LogP contribution >= 0.6 is 11.6 Å². The fourth-order valence-corrected chi connectivity index (χ4v) is 4.03. The van der Waals surface area contributed by atoms with E-state index < -0.39 is 17.5 Å². The molecular weight excluding hydrogens is 445 g/mol. The Kier molecular flexibility index (Phi) is 6.16. The minimum atomic E-state index is -0.772. The molecule has 33 heavy (non-hydrogen) atoms. The van der Waals surface area contributed by atoms with Crippen molar-refractivity contribution in [3.05, 3.63) is 88.0 Å². The van der Waals surface area contributed by atoms with Crippen molar-refractivity contribution in [1.82, 2.24) is 9.55 Å². The highest BCUT2D eigenvalue weighted by molar-refractivity contribution is 6.48. The summed E-state index contributed by atoms with van der Waals surface area (Å²) in [5.74, 6) is -1.54. The van der Waals surface area contributed by atoms with E-state index in [4.69, 9.17) is 16.3 Å². The Bertz CT molecular complexity index is 1400. The molecule has 0 fully saturated rings. The van der Waals surface area contributed by atoms with Crippen molar-refractivity contribution in [3.8, 4) is 5.88 Å². The highest BCUT2D eigenvalue weighted by Gasteiger charge is 2.26. The molecule has 8 heteroatoms. The maximum Gasteiger partial charge on any atom is 0.296 e. The van der Waals surface area contributed by atoms with Gasteiger partial charge in [0.15, 0.2) is 0 Å². The summed E-state index contributed by atoms with van der Waals surface area (Å²) in [6.07, 6.45) is 1.48. The number of pyridine rings is 1. The van der Waals surface area contributed by atoms with Gasteiger partial charge in [-0.1, -0.05) is 29.3 Å². The molecular formula is C25H21ClFN3O3. The van der Waals surface area contributed by atoms with Crippen LogP contribution in [0.5, 0.6) is 5.88 Å². The number of carbonyl (C=O) groups is 2. The Morgan fingerprint density at radius 1 is 1.12 bits per heavy atom. The lowest BCUT2D eigenvalue weighted by molar-refractivity contribution is -0.112. The van der Waals surface area contributed by atoms with E-state index in [9.17, 15) is 14.0 Å². The zero-order chi connectivity index (χ0) is 23.7. The molecule has 0 radical (unpaired) electrons. The molecule has 0 saturated heterocycles. The molecule has 168 valence electrons. The van der Waals surface area contributed by atoms with Crippen molar-refractivity contribution >= 4 is 39.9 Å². The number of aromatic nitrogens is 2. The second-order valence-electron chi connectivity index (χ2n) is 7.67. The van der Waals surface area contributed by atoms with Crippen molar-refractivity contribution in [2.75, 3.05) is 12.4 Å². The Morgan fingerprint density at radius 2 is 1.91 bits per heavy atom. The number of benzene rings is 2. The number of ether oxygens (including phenoxy) is 1. The molecule has 1 N–H and O–H groups in total. The topological polar surface area (TPSA) is 73.2 Å². The molecule has 0 aliphatic heterocycles. The first-order valence-electron chi connectivity index (χ1n) is 10.2. The van der Waals surface area contributed by atoms with E-state index >= 15 is 0 Å². The Hall–Kier alpha value is -3.71. The number of halogens is 2. The van der Waals surface area contributed by atoms with Crippen LogP contribution in [-0.2, 0) is 11.3 Å². The number of anilines is 1. The minimum Gasteiger partial charge on any atom is -0.481 e. The first-order chi connectivity index (χ1) is 15.8. The van der Waals surface area contributed by atoms with Crippen LogP contribution in [0.2, 0.25) is 5.02 Å². The van der Waals surface area contributed by atoms with Crippen LogP contribution in [0.15, 0.2) is 54.7 Å². The number of ketones is 1. The van der Waals surface area contributed by atoms with Gasteiger partial charge in [0.1, 0.15) is 5.82 Å². The van der Waals surface area contributed by atoms with Gasteiger partial charge in [0.2, 0.25) is 5.88 Å². The van der Waals surface area contributed by atoms with Crippen molar-refractivity contribution in [1.29, 1.82) is 0 Å². The number of Topliss-reactive ketones (excluding diaryl/α,β-unsaturated/α-hetero) is 1. The molecule has 4 aromatic rings. The summed E-state index contributed by atoms with van der Waals surface area (Å²) in [6, 6.07) is 13.0. The molecule has 0 spiro atoms. The molecule has 1 amide bonds. The monoisotopic (exact) mass is 465 g/mol. The van der Waals surface area contributed by atoms with Gasteiger partial charge >= 0.3 is 0 Å². The third-order valence-electron chi connectivity index (χ3n) is 5.46. The van der Waals surface area contributed by atoms with Gasteiger partial charge in [-0.05, 0) is 49.7 Å². The van der Waals surface area contributed by atoms with E-state index in [1.54, 1.807) is 19.1 Å². The van der Waals surface area contributed by atoms with E-state index in [0.29, 0.717) is 45.3 Å². The normalized spacial score (nSPS) is 10.9. The lowest BCUT2D eigenvalue weighted by atomic mass is 10.0. The smallest absolute Gasteiger partial charge is 0.296 e. The second kappa shape index (κ2) is 9.03. The summed E-state index contributed by atoms with van der Waals surface area (Å²) in [5.41, 5.74) is 3.75. The fraction of sp³-hybridized carbons (Fsp3) is 0.160. The standard InChI is InChI=1S/C25H21ClFN3O3/c1-14-4-7-21-19(10-14)23(15(2)30(21)13-16-5-6-17(27)11-20(16)26)24(31)25(32)29-18-8-9-28-22(12-18)33-3/h4-12H,13H2,1-3H3,(H,28,29,32). The predicted octanol–water partition coefficient (Wildman–Crippen LogP) is 5.32. The van der Waals surface area contributed by atoms with Crippen LogP contribution in [0.1, 0.15) is 27.2 Å². The number of nitrogens with one attached hydrogen (secondary N) is 1. The molecule has 0 saturated carbocycles. The molecule has 6 nitrogen and oxygen atoms in total. The Labute approximate surface area is 195 Å². The van der Waals surface area contributed by atoms with E-state index in [1.165, 1.54) is 31.5 Å². The number of hydrogen-bond acceptors (Lipinski definition) is 4. The van der Waals surface area contributed by atoms with Gasteiger partial charge < -0.3 is 14.6 Å². The minimum absolute atomic E-state index is 0.292. The first kappa shape index (κ1) is 22.5. The molecule has 4 rings (SSSR count). The van der Waals surface area contributed by atoms with Gasteiger partial charge in [0.25, 0.3) is 11.7 Å². The van der Waals surface area contributed by atoms with Crippen LogP contribution in [0, 0.1) is 19.7 Å².